The van der Waals surface area contributed by atoms with Crippen LogP contribution in [0.3, 0.4) is 0 Å². The monoisotopic (exact) mass is 691 g/mol. The summed E-state index contributed by atoms with van der Waals surface area (Å²) in [6.45, 7) is 0. The number of fused-ring (bicyclic) bond motifs is 5. The minimum Gasteiger partial charge on any atom is -0.248 e. The molecule has 1 heterocycles. The molecule has 1 aromatic heterocycles. The Kier molecular flexibility index (Phi) is 6.59. The zero-order valence-corrected chi connectivity index (χ0v) is 30.4. The van der Waals surface area contributed by atoms with E-state index in [-0.39, 0.29) is 5.41 Å². The highest BCUT2D eigenvalue weighted by molar-refractivity contribution is 6.21. The van der Waals surface area contributed by atoms with E-state index in [1.807, 2.05) is 0 Å². The van der Waals surface area contributed by atoms with Gasteiger partial charge in [0.1, 0.15) is 0 Å². The Hall–Kier alpha value is -5.79. The number of hydrogen-bond acceptors (Lipinski definition) is 1. The molecule has 7 aromatic carbocycles. The highest BCUT2D eigenvalue weighted by Crippen LogP contribution is 2.69. The molecule has 13 rings (SSSR count). The first-order valence-electron chi connectivity index (χ1n) is 20.1. The van der Waals surface area contributed by atoms with Crippen molar-refractivity contribution in [2.75, 3.05) is 0 Å². The summed E-state index contributed by atoms with van der Waals surface area (Å²) in [5.41, 5.74) is 15.6. The lowest BCUT2D eigenvalue weighted by Crippen LogP contribution is -2.55. The van der Waals surface area contributed by atoms with Crippen molar-refractivity contribution in [2.45, 2.75) is 37.5 Å². The van der Waals surface area contributed by atoms with Gasteiger partial charge in [0.15, 0.2) is 0 Å². The van der Waals surface area contributed by atoms with Gasteiger partial charge in [-0.25, -0.2) is 4.98 Å². The molecular formula is C53H41N. The maximum atomic E-state index is 5.46. The van der Waals surface area contributed by atoms with Crippen molar-refractivity contribution in [3.05, 3.63) is 175 Å². The summed E-state index contributed by atoms with van der Waals surface area (Å²) in [6, 6.07) is 61.1. The van der Waals surface area contributed by atoms with Crippen LogP contribution in [0, 0.1) is 23.7 Å². The first kappa shape index (κ1) is 30.6. The summed E-state index contributed by atoms with van der Waals surface area (Å²) in [6.07, 6.45) is 7.11. The molecule has 4 bridgehead atoms. The summed E-state index contributed by atoms with van der Waals surface area (Å²) in [5.74, 6) is 3.42. The fourth-order valence-corrected chi connectivity index (χ4v) is 12.2. The molecular weight excluding hydrogens is 651 g/mol. The zero-order chi connectivity index (χ0) is 35.4. The normalized spacial score (nSPS) is 23.3. The van der Waals surface area contributed by atoms with Gasteiger partial charge in [0.05, 0.1) is 11.4 Å². The summed E-state index contributed by atoms with van der Waals surface area (Å²) >= 11 is 0. The van der Waals surface area contributed by atoms with Crippen LogP contribution in [-0.4, -0.2) is 4.98 Å². The van der Waals surface area contributed by atoms with E-state index >= 15 is 0 Å². The van der Waals surface area contributed by atoms with Gasteiger partial charge in [-0.05, 0) is 140 Å². The van der Waals surface area contributed by atoms with Gasteiger partial charge >= 0.3 is 0 Å². The van der Waals surface area contributed by atoms with Crippen LogP contribution in [0.2, 0.25) is 0 Å². The summed E-state index contributed by atoms with van der Waals surface area (Å²) in [4.78, 5) is 5.46. The largest absolute Gasteiger partial charge is 0.248 e. The Morgan fingerprint density at radius 2 is 0.889 bits per heavy atom. The third-order valence-electron chi connectivity index (χ3n) is 14.0. The molecule has 0 aliphatic heterocycles. The van der Waals surface area contributed by atoms with Gasteiger partial charge < -0.3 is 0 Å². The van der Waals surface area contributed by atoms with Gasteiger partial charge in [0.25, 0.3) is 0 Å². The lowest BCUT2D eigenvalue weighted by molar-refractivity contribution is -0.0399. The molecule has 0 amide bonds. The van der Waals surface area contributed by atoms with E-state index in [1.54, 1.807) is 11.1 Å². The molecule has 0 atom stereocenters. The van der Waals surface area contributed by atoms with Crippen molar-refractivity contribution in [1.82, 2.24) is 4.98 Å². The highest BCUT2D eigenvalue weighted by atomic mass is 14.7. The van der Waals surface area contributed by atoms with Crippen molar-refractivity contribution in [2.24, 2.45) is 23.7 Å². The molecule has 54 heavy (non-hydrogen) atoms. The fourth-order valence-electron chi connectivity index (χ4n) is 12.2. The van der Waals surface area contributed by atoms with Crippen LogP contribution < -0.4 is 0 Å². The summed E-state index contributed by atoms with van der Waals surface area (Å²) < 4.78 is 0. The Morgan fingerprint density at radius 1 is 0.370 bits per heavy atom. The van der Waals surface area contributed by atoms with E-state index in [0.717, 1.165) is 40.6 Å². The second-order valence-electron chi connectivity index (χ2n) is 16.7. The number of nitrogens with zero attached hydrogens (tertiary/aromatic N) is 1. The minimum absolute atomic E-state index is 0.178. The van der Waals surface area contributed by atoms with Crippen molar-refractivity contribution in [3.8, 4) is 55.9 Å². The van der Waals surface area contributed by atoms with E-state index < -0.39 is 0 Å². The quantitative estimate of drug-likeness (QED) is 0.167. The van der Waals surface area contributed by atoms with Gasteiger partial charge in [0.2, 0.25) is 0 Å². The first-order chi connectivity index (χ1) is 26.7. The van der Waals surface area contributed by atoms with E-state index in [2.05, 4.69) is 164 Å². The van der Waals surface area contributed by atoms with E-state index in [9.17, 15) is 0 Å². The minimum atomic E-state index is 0.178. The Bertz CT molecular complexity index is 2630. The molecule has 258 valence electrons. The van der Waals surface area contributed by atoms with Crippen molar-refractivity contribution < 1.29 is 0 Å². The average molecular weight is 692 g/mol. The third-order valence-corrected chi connectivity index (χ3v) is 14.0. The van der Waals surface area contributed by atoms with E-state index in [0.29, 0.717) is 0 Å². The average Bonchev–Trinajstić information content (AvgIpc) is 3.52. The Labute approximate surface area is 317 Å². The van der Waals surface area contributed by atoms with Crippen LogP contribution in [0.1, 0.15) is 43.2 Å². The van der Waals surface area contributed by atoms with Crippen LogP contribution >= 0.6 is 0 Å². The van der Waals surface area contributed by atoms with Gasteiger partial charge in [-0.1, -0.05) is 146 Å². The number of rotatable bonds is 4. The molecule has 0 unspecified atom stereocenters. The second-order valence-corrected chi connectivity index (χ2v) is 16.7. The van der Waals surface area contributed by atoms with Crippen molar-refractivity contribution in [3.63, 3.8) is 0 Å². The first-order valence-corrected chi connectivity index (χ1v) is 20.1. The maximum Gasteiger partial charge on any atom is 0.0728 e. The molecule has 0 saturated heterocycles. The van der Waals surface area contributed by atoms with Gasteiger partial charge in [-0.3, -0.25) is 0 Å². The second kappa shape index (κ2) is 11.6. The zero-order valence-electron chi connectivity index (χ0n) is 30.4. The standard InChI is InChI=1S/C53H41N/c1-3-13-35(14-4-1)38-31-49(36-15-5-2-6-16-36)54-50(32-38)52-44-20-9-7-18-42(44)51(43-19-8-10-21-45(43)52)37-23-24-48-46(30-37)41-17-11-12-22-47(41)53(48)39-26-33-25-34(28-39)29-40(53)27-33/h1-24,30-34,39-40H,25-29H2. The Morgan fingerprint density at radius 3 is 1.54 bits per heavy atom. The highest BCUT2D eigenvalue weighted by Gasteiger charge is 2.61. The van der Waals surface area contributed by atoms with Crippen molar-refractivity contribution in [1.29, 1.82) is 0 Å². The van der Waals surface area contributed by atoms with Crippen LogP contribution in [0.15, 0.2) is 164 Å². The number of hydrogen-bond donors (Lipinski definition) is 0. The maximum absolute atomic E-state index is 5.46. The van der Waals surface area contributed by atoms with E-state index in [1.165, 1.54) is 92.6 Å². The number of benzene rings is 7. The molecule has 0 radical (unpaired) electrons. The predicted octanol–water partition coefficient (Wildman–Crippen LogP) is 13.8. The Balaban J connectivity index is 1.10. The molecule has 1 heteroatoms. The molecule has 1 nitrogen and oxygen atoms in total. The smallest absolute Gasteiger partial charge is 0.0728 e. The molecule has 5 aliphatic carbocycles. The lowest BCUT2D eigenvalue weighted by Gasteiger charge is -2.61. The topological polar surface area (TPSA) is 12.9 Å². The van der Waals surface area contributed by atoms with Gasteiger partial charge in [-0.2, -0.15) is 0 Å². The van der Waals surface area contributed by atoms with Crippen LogP contribution in [-0.2, 0) is 5.41 Å². The van der Waals surface area contributed by atoms with Crippen molar-refractivity contribution >= 4 is 21.5 Å². The van der Waals surface area contributed by atoms with Gasteiger partial charge in [0, 0.05) is 16.5 Å². The molecule has 5 aliphatic rings. The van der Waals surface area contributed by atoms with Crippen LogP contribution in [0.5, 0.6) is 0 Å². The number of pyridine rings is 1. The molecule has 8 aromatic rings. The van der Waals surface area contributed by atoms with Crippen LogP contribution in [0.25, 0.3) is 77.4 Å². The molecule has 0 N–H and O–H groups in total. The SMILES string of the molecule is c1ccc(-c2cc(-c3ccccc3)nc(-c3c4ccccc4c(-c4ccc5c(c4)-c4ccccc4C54C5CC6CC(C5)CC4C6)c4ccccc34)c2)cc1. The predicted molar refractivity (Wildman–Crippen MR) is 224 cm³/mol. The fraction of sp³-hybridized carbons (Fsp3) is 0.189. The summed E-state index contributed by atoms with van der Waals surface area (Å²) in [5, 5.41) is 5.02. The molecule has 4 saturated carbocycles. The van der Waals surface area contributed by atoms with Crippen LogP contribution in [0.4, 0.5) is 0 Å². The summed E-state index contributed by atoms with van der Waals surface area (Å²) in [7, 11) is 0. The molecule has 1 spiro atoms. The van der Waals surface area contributed by atoms with E-state index in [4.69, 9.17) is 4.98 Å². The third kappa shape index (κ3) is 4.30. The molecule has 4 fully saturated rings. The van der Waals surface area contributed by atoms with Gasteiger partial charge in [-0.15, -0.1) is 0 Å². The lowest BCUT2D eigenvalue weighted by atomic mass is 9.43. The number of aromatic nitrogens is 1.